The molecule has 196 valence electrons. The van der Waals surface area contributed by atoms with Crippen LogP contribution in [0.25, 0.3) is 10.9 Å². The van der Waals surface area contributed by atoms with Gasteiger partial charge in [-0.15, -0.1) is 0 Å². The van der Waals surface area contributed by atoms with E-state index in [1.807, 2.05) is 28.0 Å². The summed E-state index contributed by atoms with van der Waals surface area (Å²) in [5.41, 5.74) is 2.30. The van der Waals surface area contributed by atoms with Gasteiger partial charge in [0.05, 0.1) is 0 Å². The van der Waals surface area contributed by atoms with Gasteiger partial charge in [-0.1, -0.05) is 15.9 Å². The summed E-state index contributed by atoms with van der Waals surface area (Å²) in [7, 11) is 0. The van der Waals surface area contributed by atoms with Gasteiger partial charge in [-0.3, -0.25) is 9.59 Å². The number of likely N-dealkylation sites (tertiary alicyclic amines) is 1. The van der Waals surface area contributed by atoms with Crippen molar-refractivity contribution in [1.82, 2.24) is 19.7 Å². The first kappa shape index (κ1) is 25.5. The maximum absolute atomic E-state index is 13.3. The highest BCUT2D eigenvalue weighted by Gasteiger charge is 2.35. The van der Waals surface area contributed by atoms with Crippen LogP contribution in [-0.4, -0.2) is 93.0 Å². The van der Waals surface area contributed by atoms with E-state index in [9.17, 15) is 14.7 Å². The number of ether oxygens (including phenoxy) is 1. The van der Waals surface area contributed by atoms with Crippen LogP contribution in [0.1, 0.15) is 55.6 Å². The van der Waals surface area contributed by atoms with Gasteiger partial charge in [0.2, 0.25) is 5.91 Å². The molecule has 3 aliphatic rings. The molecule has 0 bridgehead atoms. The monoisotopic (exact) mass is 560 g/mol. The van der Waals surface area contributed by atoms with E-state index < -0.39 is 5.01 Å². The number of hydrogen-bond acceptors (Lipinski definition) is 5. The van der Waals surface area contributed by atoms with Crippen LogP contribution in [0.15, 0.2) is 18.2 Å². The van der Waals surface area contributed by atoms with Gasteiger partial charge in [-0.2, -0.15) is 0 Å². The summed E-state index contributed by atoms with van der Waals surface area (Å²) < 4.78 is 6.46. The second-order valence-electron chi connectivity index (χ2n) is 10.7. The van der Waals surface area contributed by atoms with E-state index in [1.165, 1.54) is 0 Å². The Bertz CT molecular complexity index is 1100. The molecular weight excluding hydrogens is 524 g/mol. The normalized spacial score (nSPS) is 20.8. The molecule has 1 aromatic heterocycles. The molecule has 1 atom stereocenters. The number of aromatic nitrogens is 1. The molecule has 1 saturated carbocycles. The molecule has 3 heterocycles. The first-order valence-electron chi connectivity index (χ1n) is 13.2. The number of aromatic amines is 1. The van der Waals surface area contributed by atoms with Gasteiger partial charge in [-0.05, 0) is 63.3 Å². The zero-order valence-corrected chi connectivity index (χ0v) is 22.8. The molecule has 2 aromatic rings. The number of benzene rings is 1. The number of carbonyl (C=O) groups is 2. The van der Waals surface area contributed by atoms with Crippen LogP contribution >= 0.6 is 15.9 Å². The minimum atomic E-state index is -0.675. The van der Waals surface area contributed by atoms with Gasteiger partial charge >= 0.3 is 0 Å². The first-order valence-corrected chi connectivity index (χ1v) is 14.2. The summed E-state index contributed by atoms with van der Waals surface area (Å²) in [4.78, 5) is 35.1. The van der Waals surface area contributed by atoms with Crippen molar-refractivity contribution in [3.05, 3.63) is 29.5 Å². The molecule has 5 rings (SSSR count). The lowest BCUT2D eigenvalue weighted by atomic mass is 10.0. The average molecular weight is 562 g/mol. The van der Waals surface area contributed by atoms with Crippen molar-refractivity contribution < 1.29 is 19.4 Å². The number of piperazine rings is 1. The van der Waals surface area contributed by atoms with Gasteiger partial charge in [0.25, 0.3) is 5.91 Å². The van der Waals surface area contributed by atoms with Crippen LogP contribution in [0.2, 0.25) is 0 Å². The van der Waals surface area contributed by atoms with Crippen molar-refractivity contribution in [2.24, 2.45) is 5.92 Å². The van der Waals surface area contributed by atoms with Crippen LogP contribution < -0.4 is 4.74 Å². The zero-order valence-electron chi connectivity index (χ0n) is 21.2. The molecule has 9 heteroatoms. The number of H-pyrrole nitrogens is 1. The van der Waals surface area contributed by atoms with Crippen molar-refractivity contribution >= 4 is 38.6 Å². The Morgan fingerprint density at radius 1 is 1.03 bits per heavy atom. The van der Waals surface area contributed by atoms with E-state index in [1.54, 1.807) is 0 Å². The minimum Gasteiger partial charge on any atom is -0.490 e. The minimum absolute atomic E-state index is 0.0460. The van der Waals surface area contributed by atoms with Gasteiger partial charge in [-0.25, -0.2) is 0 Å². The third kappa shape index (κ3) is 5.73. The molecule has 0 radical (unpaired) electrons. The van der Waals surface area contributed by atoms with E-state index >= 15 is 0 Å². The Hall–Kier alpha value is -2.10. The molecule has 2 amide bonds. The molecule has 3 fully saturated rings. The van der Waals surface area contributed by atoms with Crippen molar-refractivity contribution in [2.45, 2.75) is 63.1 Å². The van der Waals surface area contributed by atoms with Gasteiger partial charge in [0.1, 0.15) is 22.6 Å². The van der Waals surface area contributed by atoms with Crippen molar-refractivity contribution in [3.63, 3.8) is 0 Å². The van der Waals surface area contributed by atoms with Crippen molar-refractivity contribution in [2.75, 3.05) is 39.3 Å². The summed E-state index contributed by atoms with van der Waals surface area (Å²) in [6.07, 6.45) is 4.50. The summed E-state index contributed by atoms with van der Waals surface area (Å²) >= 11 is 3.26. The topological polar surface area (TPSA) is 89.1 Å². The number of fused-ring (bicyclic) bond motifs is 1. The second-order valence-corrected chi connectivity index (χ2v) is 11.8. The highest BCUT2D eigenvalue weighted by atomic mass is 79.9. The number of hydrogen-bond donors (Lipinski definition) is 2. The maximum Gasteiger partial charge on any atom is 0.270 e. The summed E-state index contributed by atoms with van der Waals surface area (Å²) in [6, 6.07) is 6.41. The number of carbonyl (C=O) groups excluding carboxylic acids is 2. The van der Waals surface area contributed by atoms with Gasteiger partial charge in [0.15, 0.2) is 0 Å². The van der Waals surface area contributed by atoms with Crippen LogP contribution in [0.3, 0.4) is 0 Å². The lowest BCUT2D eigenvalue weighted by Crippen LogP contribution is -2.51. The third-order valence-electron chi connectivity index (χ3n) is 7.73. The highest BCUT2D eigenvalue weighted by molar-refractivity contribution is 9.09. The van der Waals surface area contributed by atoms with E-state index in [2.05, 4.69) is 39.7 Å². The number of rotatable bonds is 7. The lowest BCUT2D eigenvalue weighted by molar-refractivity contribution is -0.134. The Morgan fingerprint density at radius 3 is 2.31 bits per heavy atom. The summed E-state index contributed by atoms with van der Waals surface area (Å²) in [5.74, 6) is 1.19. The third-order valence-corrected chi connectivity index (χ3v) is 8.05. The molecular formula is C27H37BrN4O4. The van der Waals surface area contributed by atoms with E-state index in [-0.39, 0.29) is 23.8 Å². The number of piperidine rings is 1. The smallest absolute Gasteiger partial charge is 0.270 e. The van der Waals surface area contributed by atoms with Crippen molar-refractivity contribution in [3.8, 4) is 5.75 Å². The molecule has 1 aliphatic carbocycles. The Labute approximate surface area is 221 Å². The quantitative estimate of drug-likeness (QED) is 0.507. The van der Waals surface area contributed by atoms with Crippen LogP contribution in [0.4, 0.5) is 0 Å². The Kier molecular flexibility index (Phi) is 7.60. The van der Waals surface area contributed by atoms with Crippen LogP contribution in [-0.2, 0) is 11.2 Å². The lowest BCUT2D eigenvalue weighted by Gasteiger charge is -2.35. The van der Waals surface area contributed by atoms with Crippen LogP contribution in [0.5, 0.6) is 5.75 Å². The summed E-state index contributed by atoms with van der Waals surface area (Å²) in [5, 5.41) is 10.3. The molecule has 1 unspecified atom stereocenters. The van der Waals surface area contributed by atoms with Crippen molar-refractivity contribution in [1.29, 1.82) is 0 Å². The van der Waals surface area contributed by atoms with E-state index in [0.29, 0.717) is 44.3 Å². The van der Waals surface area contributed by atoms with Gasteiger partial charge in [0, 0.05) is 68.6 Å². The van der Waals surface area contributed by atoms with Gasteiger partial charge < -0.3 is 29.5 Å². The number of amides is 2. The standard InChI is InChI=1S/C27H37BrN4O4/c1-17(2)30-7-5-21(6-8-30)36-24-15-19-13-23(29-22(19)14-20(24)16-25(28)33)27(35)32-11-9-31(10-12-32)26(34)18-3-4-18/h13-15,17-18,21,25,29,33H,3-12,16H2,1-2H3. The number of alkyl halides is 1. The predicted molar refractivity (Wildman–Crippen MR) is 143 cm³/mol. The highest BCUT2D eigenvalue weighted by Crippen LogP contribution is 2.32. The fourth-order valence-corrected chi connectivity index (χ4v) is 5.70. The number of nitrogens with one attached hydrogen (secondary N) is 1. The second kappa shape index (κ2) is 10.7. The zero-order chi connectivity index (χ0) is 25.4. The largest absolute Gasteiger partial charge is 0.490 e. The Balaban J connectivity index is 1.29. The number of halogens is 1. The number of aliphatic hydroxyl groups is 1. The maximum atomic E-state index is 13.3. The number of nitrogens with zero attached hydrogens (tertiary/aromatic N) is 3. The SMILES string of the molecule is CC(C)N1CCC(Oc2cc3cc(C(=O)N4CCN(C(=O)C5CC5)CC4)[nH]c3cc2CC(O)Br)CC1. The molecule has 2 saturated heterocycles. The fourth-order valence-electron chi connectivity index (χ4n) is 5.35. The molecule has 36 heavy (non-hydrogen) atoms. The summed E-state index contributed by atoms with van der Waals surface area (Å²) in [6.45, 7) is 8.79. The molecule has 2 N–H and O–H groups in total. The fraction of sp³-hybridized carbons (Fsp3) is 0.630. The average Bonchev–Trinajstić information content (AvgIpc) is 3.63. The molecule has 2 aliphatic heterocycles. The number of aliphatic hydroxyl groups excluding tert-OH is 1. The Morgan fingerprint density at radius 2 is 1.69 bits per heavy atom. The molecule has 8 nitrogen and oxygen atoms in total. The first-order chi connectivity index (χ1) is 17.3. The van der Waals surface area contributed by atoms with E-state index in [0.717, 1.165) is 61.0 Å². The van der Waals surface area contributed by atoms with E-state index in [4.69, 9.17) is 4.74 Å². The van der Waals surface area contributed by atoms with Crippen LogP contribution in [0, 0.1) is 5.92 Å². The predicted octanol–water partition coefficient (Wildman–Crippen LogP) is 3.37. The molecule has 0 spiro atoms. The molecule has 1 aromatic carbocycles.